The number of carbonyl (C=O) groups is 2. The van der Waals surface area contributed by atoms with E-state index in [1.807, 2.05) is 0 Å². The monoisotopic (exact) mass is 484 g/mol. The lowest BCUT2D eigenvalue weighted by molar-refractivity contribution is 0.0772. The fourth-order valence-corrected chi connectivity index (χ4v) is 4.59. The van der Waals surface area contributed by atoms with E-state index >= 15 is 0 Å². The topological polar surface area (TPSA) is 108 Å². The van der Waals surface area contributed by atoms with Crippen LogP contribution in [0, 0.1) is 5.82 Å². The Morgan fingerprint density at radius 3 is 2.24 bits per heavy atom. The highest BCUT2D eigenvalue weighted by Gasteiger charge is 2.24. The van der Waals surface area contributed by atoms with E-state index in [0.717, 1.165) is 17.7 Å². The van der Waals surface area contributed by atoms with Crippen LogP contribution in [0.15, 0.2) is 76.8 Å². The maximum atomic E-state index is 14.5. The Morgan fingerprint density at radius 2 is 1.62 bits per heavy atom. The molecule has 10 heteroatoms. The van der Waals surface area contributed by atoms with Gasteiger partial charge in [-0.2, -0.15) is 0 Å². The van der Waals surface area contributed by atoms with Crippen molar-refractivity contribution in [1.29, 1.82) is 0 Å². The molecule has 2 N–H and O–H groups in total. The lowest BCUT2D eigenvalue weighted by Gasteiger charge is -2.19. The Bertz CT molecular complexity index is 1260. The highest BCUT2D eigenvalue weighted by Crippen LogP contribution is 2.26. The minimum Gasteiger partial charge on any atom is -0.339 e. The van der Waals surface area contributed by atoms with Gasteiger partial charge in [-0.1, -0.05) is 0 Å². The molecule has 178 valence electrons. The van der Waals surface area contributed by atoms with Gasteiger partial charge < -0.3 is 15.5 Å². The summed E-state index contributed by atoms with van der Waals surface area (Å²) in [5.41, 5.74) is 1.32. The molecule has 0 radical (unpaired) electrons. The average molecular weight is 485 g/mol. The van der Waals surface area contributed by atoms with E-state index in [1.165, 1.54) is 35.2 Å². The molecule has 0 fully saturated rings. The number of nitrogens with zero attached hydrogens (tertiary/aromatic N) is 2. The zero-order chi connectivity index (χ0) is 24.7. The quantitative estimate of drug-likeness (QED) is 0.505. The molecule has 0 saturated heterocycles. The molecule has 0 atom stereocenters. The molecule has 0 saturated carbocycles. The molecule has 3 aromatic rings. The third-order valence-corrected chi connectivity index (χ3v) is 6.93. The number of benzene rings is 2. The summed E-state index contributed by atoms with van der Waals surface area (Å²) in [5, 5.41) is 5.29. The molecule has 8 nitrogen and oxygen atoms in total. The summed E-state index contributed by atoms with van der Waals surface area (Å²) in [6.07, 6.45) is 3.23. The standard InChI is InChI=1S/C24H25FN4O4S/c1-3-29(4-2)23(30)18-5-10-21(25)22(15-18)34(32,33)20-8-6-19(7-9-20)28-24(31)27-16-17-11-13-26-14-12-17/h5-15H,3-4,16H2,1-2H3,(H2,27,28,31). The predicted molar refractivity (Wildman–Crippen MR) is 126 cm³/mol. The molecule has 3 amide bonds. The van der Waals surface area contributed by atoms with E-state index in [1.54, 1.807) is 38.4 Å². The molecule has 1 heterocycles. The molecule has 0 aliphatic heterocycles. The third kappa shape index (κ3) is 5.76. The lowest BCUT2D eigenvalue weighted by atomic mass is 10.2. The van der Waals surface area contributed by atoms with Crippen LogP contribution in [-0.4, -0.2) is 43.3 Å². The molecule has 34 heavy (non-hydrogen) atoms. The summed E-state index contributed by atoms with van der Waals surface area (Å²) >= 11 is 0. The number of amides is 3. The number of pyridine rings is 1. The van der Waals surface area contributed by atoms with Gasteiger partial charge in [-0.05, 0) is 74.0 Å². The van der Waals surface area contributed by atoms with Crippen LogP contribution < -0.4 is 10.6 Å². The van der Waals surface area contributed by atoms with Crippen LogP contribution in [0.5, 0.6) is 0 Å². The zero-order valence-electron chi connectivity index (χ0n) is 18.8. The largest absolute Gasteiger partial charge is 0.339 e. The van der Waals surface area contributed by atoms with Gasteiger partial charge in [0.2, 0.25) is 9.84 Å². The highest BCUT2D eigenvalue weighted by molar-refractivity contribution is 7.91. The summed E-state index contributed by atoms with van der Waals surface area (Å²) in [6.45, 7) is 4.79. The number of nitrogens with one attached hydrogen (secondary N) is 2. The molecular formula is C24H25FN4O4S. The normalized spacial score (nSPS) is 11.0. The first-order chi connectivity index (χ1) is 16.3. The summed E-state index contributed by atoms with van der Waals surface area (Å²) in [7, 11) is -4.24. The van der Waals surface area contributed by atoms with Gasteiger partial charge in [0.15, 0.2) is 0 Å². The van der Waals surface area contributed by atoms with Crippen LogP contribution in [0.2, 0.25) is 0 Å². The fourth-order valence-electron chi connectivity index (χ4n) is 3.24. The Balaban J connectivity index is 1.75. The first-order valence-corrected chi connectivity index (χ1v) is 12.1. The molecule has 0 aliphatic rings. The SMILES string of the molecule is CCN(CC)C(=O)c1ccc(F)c(S(=O)(=O)c2ccc(NC(=O)NCc3ccncc3)cc2)c1. The zero-order valence-corrected chi connectivity index (χ0v) is 19.6. The van der Waals surface area contributed by atoms with E-state index in [4.69, 9.17) is 0 Å². The molecule has 0 aliphatic carbocycles. The van der Waals surface area contributed by atoms with Gasteiger partial charge in [-0.3, -0.25) is 9.78 Å². The Hall–Kier alpha value is -3.79. The first-order valence-electron chi connectivity index (χ1n) is 10.6. The summed E-state index contributed by atoms with van der Waals surface area (Å²) in [5.74, 6) is -1.33. The van der Waals surface area contributed by atoms with Crippen molar-refractivity contribution in [3.8, 4) is 0 Å². The second-order valence-corrected chi connectivity index (χ2v) is 9.23. The maximum absolute atomic E-state index is 14.5. The Labute approximate surface area is 197 Å². The fraction of sp³-hybridized carbons (Fsp3) is 0.208. The number of carbonyl (C=O) groups excluding carboxylic acids is 2. The van der Waals surface area contributed by atoms with Crippen molar-refractivity contribution in [1.82, 2.24) is 15.2 Å². The summed E-state index contributed by atoms with van der Waals surface area (Å²) in [4.78, 5) is 29.4. The lowest BCUT2D eigenvalue weighted by Crippen LogP contribution is -2.30. The Morgan fingerprint density at radius 1 is 0.971 bits per heavy atom. The van der Waals surface area contributed by atoms with E-state index in [2.05, 4.69) is 15.6 Å². The van der Waals surface area contributed by atoms with E-state index in [-0.39, 0.29) is 16.4 Å². The van der Waals surface area contributed by atoms with Gasteiger partial charge in [0.25, 0.3) is 5.91 Å². The number of rotatable bonds is 8. The smallest absolute Gasteiger partial charge is 0.319 e. The van der Waals surface area contributed by atoms with Crippen molar-refractivity contribution >= 4 is 27.5 Å². The van der Waals surface area contributed by atoms with Gasteiger partial charge >= 0.3 is 6.03 Å². The number of hydrogen-bond donors (Lipinski definition) is 2. The maximum Gasteiger partial charge on any atom is 0.319 e. The number of sulfone groups is 1. The van der Waals surface area contributed by atoms with Crippen LogP contribution >= 0.6 is 0 Å². The van der Waals surface area contributed by atoms with E-state index in [0.29, 0.717) is 25.3 Å². The van der Waals surface area contributed by atoms with Crippen molar-refractivity contribution in [3.05, 3.63) is 83.9 Å². The van der Waals surface area contributed by atoms with Crippen molar-refractivity contribution in [2.45, 2.75) is 30.2 Å². The number of urea groups is 1. The number of hydrogen-bond acceptors (Lipinski definition) is 5. The molecule has 0 unspecified atom stereocenters. The highest BCUT2D eigenvalue weighted by atomic mass is 32.2. The summed E-state index contributed by atoms with van der Waals surface area (Å²) in [6, 6.07) is 11.7. The first kappa shape index (κ1) is 24.8. The van der Waals surface area contributed by atoms with Crippen molar-refractivity contribution < 1.29 is 22.4 Å². The van der Waals surface area contributed by atoms with Crippen LogP contribution in [-0.2, 0) is 16.4 Å². The third-order valence-electron chi connectivity index (χ3n) is 5.14. The number of halogens is 1. The molecule has 0 bridgehead atoms. The second kappa shape index (κ2) is 10.9. The van der Waals surface area contributed by atoms with Crippen molar-refractivity contribution in [2.24, 2.45) is 0 Å². The predicted octanol–water partition coefficient (Wildman–Crippen LogP) is 3.86. The van der Waals surface area contributed by atoms with E-state index in [9.17, 15) is 22.4 Å². The van der Waals surface area contributed by atoms with Crippen LogP contribution in [0.25, 0.3) is 0 Å². The minimum absolute atomic E-state index is 0.0906. The molecule has 3 rings (SSSR count). The molecule has 2 aromatic carbocycles. The molecular weight excluding hydrogens is 459 g/mol. The number of anilines is 1. The van der Waals surface area contributed by atoms with Crippen molar-refractivity contribution in [3.63, 3.8) is 0 Å². The van der Waals surface area contributed by atoms with Gasteiger partial charge in [0.05, 0.1) is 4.90 Å². The van der Waals surface area contributed by atoms with Crippen LogP contribution in [0.3, 0.4) is 0 Å². The van der Waals surface area contributed by atoms with Gasteiger partial charge in [0.1, 0.15) is 10.7 Å². The average Bonchev–Trinajstić information content (AvgIpc) is 2.84. The van der Waals surface area contributed by atoms with Crippen LogP contribution in [0.4, 0.5) is 14.9 Å². The molecule has 1 aromatic heterocycles. The Kier molecular flexibility index (Phi) is 7.95. The van der Waals surface area contributed by atoms with Crippen LogP contribution in [0.1, 0.15) is 29.8 Å². The van der Waals surface area contributed by atoms with Gasteiger partial charge in [0, 0.05) is 43.3 Å². The summed E-state index contributed by atoms with van der Waals surface area (Å²) < 4.78 is 40.6. The number of aromatic nitrogens is 1. The second-order valence-electron chi connectivity index (χ2n) is 7.31. The van der Waals surface area contributed by atoms with Gasteiger partial charge in [-0.15, -0.1) is 0 Å². The molecule has 0 spiro atoms. The van der Waals surface area contributed by atoms with E-state index < -0.39 is 26.6 Å². The van der Waals surface area contributed by atoms with Crippen molar-refractivity contribution in [2.75, 3.05) is 18.4 Å². The van der Waals surface area contributed by atoms with Gasteiger partial charge in [-0.25, -0.2) is 17.6 Å². The minimum atomic E-state index is -4.24.